The smallest absolute Gasteiger partial charge is 0.226 e. The first-order valence-electron chi connectivity index (χ1n) is 6.33. The molecule has 1 fully saturated rings. The zero-order valence-electron chi connectivity index (χ0n) is 11.0. The lowest BCUT2D eigenvalue weighted by atomic mass is 10.1. The number of aryl methyl sites for hydroxylation is 2. The molecular formula is C14H20N2O2. The van der Waals surface area contributed by atoms with E-state index >= 15 is 0 Å². The molecule has 1 unspecified atom stereocenters. The molecule has 4 heteroatoms. The summed E-state index contributed by atoms with van der Waals surface area (Å²) < 4.78 is 5.33. The van der Waals surface area contributed by atoms with Gasteiger partial charge in [0.15, 0.2) is 0 Å². The Balaban J connectivity index is 1.89. The van der Waals surface area contributed by atoms with Crippen LogP contribution in [-0.2, 0) is 9.53 Å². The maximum Gasteiger partial charge on any atom is 0.226 e. The van der Waals surface area contributed by atoms with Crippen molar-refractivity contribution in [2.45, 2.75) is 26.3 Å². The molecule has 0 radical (unpaired) electrons. The van der Waals surface area contributed by atoms with Crippen molar-refractivity contribution in [3.05, 3.63) is 29.3 Å². The monoisotopic (exact) mass is 248 g/mol. The molecule has 1 aromatic carbocycles. The van der Waals surface area contributed by atoms with Crippen LogP contribution < -0.4 is 10.6 Å². The number of ether oxygens (including phenoxy) is 1. The second-order valence-corrected chi connectivity index (χ2v) is 4.85. The first-order valence-corrected chi connectivity index (χ1v) is 6.33. The van der Waals surface area contributed by atoms with E-state index in [0.29, 0.717) is 13.0 Å². The molecule has 0 spiro atoms. The van der Waals surface area contributed by atoms with E-state index in [1.54, 1.807) is 0 Å². The van der Waals surface area contributed by atoms with Gasteiger partial charge in [0.25, 0.3) is 0 Å². The van der Waals surface area contributed by atoms with E-state index < -0.39 is 0 Å². The van der Waals surface area contributed by atoms with Crippen molar-refractivity contribution in [3.63, 3.8) is 0 Å². The van der Waals surface area contributed by atoms with E-state index in [2.05, 4.69) is 16.7 Å². The van der Waals surface area contributed by atoms with Crippen molar-refractivity contribution in [1.82, 2.24) is 5.32 Å². The van der Waals surface area contributed by atoms with Gasteiger partial charge in [0.05, 0.1) is 13.2 Å². The van der Waals surface area contributed by atoms with Gasteiger partial charge in [-0.25, -0.2) is 0 Å². The summed E-state index contributed by atoms with van der Waals surface area (Å²) in [5.41, 5.74) is 3.18. The molecule has 98 valence electrons. The number of rotatable bonds is 3. The standard InChI is InChI=1S/C14H20N2O2/c1-10-5-11(2)7-12(6-10)16-14(17)8-13-9-18-4-3-15-13/h5-7,13,15H,3-4,8-9H2,1-2H3,(H,16,17). The first-order chi connectivity index (χ1) is 8.63. The summed E-state index contributed by atoms with van der Waals surface area (Å²) in [7, 11) is 0. The minimum Gasteiger partial charge on any atom is -0.378 e. The SMILES string of the molecule is Cc1cc(C)cc(NC(=O)CC2COCCN2)c1. The van der Waals surface area contributed by atoms with Crippen LogP contribution in [0.3, 0.4) is 0 Å². The number of hydrogen-bond acceptors (Lipinski definition) is 3. The molecule has 1 amide bonds. The second kappa shape index (κ2) is 5.98. The number of nitrogens with one attached hydrogen (secondary N) is 2. The van der Waals surface area contributed by atoms with Crippen molar-refractivity contribution in [1.29, 1.82) is 0 Å². The summed E-state index contributed by atoms with van der Waals surface area (Å²) in [5.74, 6) is 0.0306. The van der Waals surface area contributed by atoms with Crippen LogP contribution in [0.4, 0.5) is 5.69 Å². The number of carbonyl (C=O) groups is 1. The van der Waals surface area contributed by atoms with Gasteiger partial charge in [0.1, 0.15) is 0 Å². The molecule has 0 aliphatic carbocycles. The molecule has 2 N–H and O–H groups in total. The van der Waals surface area contributed by atoms with Crippen LogP contribution >= 0.6 is 0 Å². The Bertz CT molecular complexity index is 406. The van der Waals surface area contributed by atoms with Crippen molar-refractivity contribution >= 4 is 11.6 Å². The van der Waals surface area contributed by atoms with Gasteiger partial charge in [0, 0.05) is 24.7 Å². The lowest BCUT2D eigenvalue weighted by molar-refractivity contribution is -0.117. The maximum absolute atomic E-state index is 11.9. The molecule has 1 aromatic rings. The number of hydrogen-bond donors (Lipinski definition) is 2. The summed E-state index contributed by atoms with van der Waals surface area (Å²) in [6.45, 7) is 6.22. The first kappa shape index (κ1) is 13.1. The van der Waals surface area contributed by atoms with Crippen LogP contribution in [0.15, 0.2) is 18.2 Å². The molecule has 1 aliphatic rings. The Morgan fingerprint density at radius 1 is 1.39 bits per heavy atom. The predicted octanol–water partition coefficient (Wildman–Crippen LogP) is 1.62. The fourth-order valence-electron chi connectivity index (χ4n) is 2.23. The Morgan fingerprint density at radius 2 is 2.11 bits per heavy atom. The van der Waals surface area contributed by atoms with Crippen LogP contribution in [0.2, 0.25) is 0 Å². The Morgan fingerprint density at radius 3 is 2.72 bits per heavy atom. The lowest BCUT2D eigenvalue weighted by Crippen LogP contribution is -2.43. The van der Waals surface area contributed by atoms with E-state index in [-0.39, 0.29) is 11.9 Å². The van der Waals surface area contributed by atoms with Crippen LogP contribution in [0, 0.1) is 13.8 Å². The molecule has 1 aliphatic heterocycles. The highest BCUT2D eigenvalue weighted by Crippen LogP contribution is 2.14. The normalized spacial score (nSPS) is 19.6. The Hall–Kier alpha value is -1.39. The molecule has 0 aromatic heterocycles. The minimum atomic E-state index is 0.0306. The topological polar surface area (TPSA) is 50.4 Å². The number of carbonyl (C=O) groups excluding carboxylic acids is 1. The molecule has 18 heavy (non-hydrogen) atoms. The van der Waals surface area contributed by atoms with Crippen LogP contribution in [-0.4, -0.2) is 31.7 Å². The number of anilines is 1. The van der Waals surface area contributed by atoms with Gasteiger partial charge in [-0.1, -0.05) is 6.07 Å². The fourth-order valence-corrected chi connectivity index (χ4v) is 2.23. The number of benzene rings is 1. The average molecular weight is 248 g/mol. The largest absolute Gasteiger partial charge is 0.378 e. The van der Waals surface area contributed by atoms with Crippen LogP contribution in [0.5, 0.6) is 0 Å². The molecule has 1 atom stereocenters. The molecule has 1 heterocycles. The summed E-state index contributed by atoms with van der Waals surface area (Å²) in [6.07, 6.45) is 0.451. The van der Waals surface area contributed by atoms with Crippen LogP contribution in [0.1, 0.15) is 17.5 Å². The van der Waals surface area contributed by atoms with Gasteiger partial charge in [0.2, 0.25) is 5.91 Å². The Labute approximate surface area is 108 Å². The third kappa shape index (κ3) is 3.82. The summed E-state index contributed by atoms with van der Waals surface area (Å²) in [4.78, 5) is 11.9. The minimum absolute atomic E-state index is 0.0306. The van der Waals surface area contributed by atoms with E-state index in [0.717, 1.165) is 30.0 Å². The van der Waals surface area contributed by atoms with Crippen LogP contribution in [0.25, 0.3) is 0 Å². The number of morpholine rings is 1. The molecule has 1 saturated heterocycles. The van der Waals surface area contributed by atoms with E-state index in [9.17, 15) is 4.79 Å². The quantitative estimate of drug-likeness (QED) is 0.854. The van der Waals surface area contributed by atoms with Gasteiger partial charge in [-0.15, -0.1) is 0 Å². The molecule has 0 saturated carbocycles. The van der Waals surface area contributed by atoms with Crippen molar-refractivity contribution in [2.24, 2.45) is 0 Å². The second-order valence-electron chi connectivity index (χ2n) is 4.85. The summed E-state index contributed by atoms with van der Waals surface area (Å²) >= 11 is 0. The van der Waals surface area contributed by atoms with Crippen molar-refractivity contribution < 1.29 is 9.53 Å². The van der Waals surface area contributed by atoms with E-state index in [1.807, 2.05) is 26.0 Å². The highest BCUT2D eigenvalue weighted by atomic mass is 16.5. The lowest BCUT2D eigenvalue weighted by Gasteiger charge is -2.23. The number of amides is 1. The summed E-state index contributed by atoms with van der Waals surface area (Å²) in [6, 6.07) is 6.18. The fraction of sp³-hybridized carbons (Fsp3) is 0.500. The van der Waals surface area contributed by atoms with E-state index in [1.165, 1.54) is 0 Å². The summed E-state index contributed by atoms with van der Waals surface area (Å²) in [5, 5.41) is 6.21. The molecular weight excluding hydrogens is 228 g/mol. The van der Waals surface area contributed by atoms with Crippen molar-refractivity contribution in [2.75, 3.05) is 25.1 Å². The molecule has 4 nitrogen and oxygen atoms in total. The molecule has 2 rings (SSSR count). The van der Waals surface area contributed by atoms with Gasteiger partial charge < -0.3 is 15.4 Å². The Kier molecular flexibility index (Phi) is 4.33. The molecule has 0 bridgehead atoms. The highest BCUT2D eigenvalue weighted by molar-refractivity contribution is 5.91. The van der Waals surface area contributed by atoms with Crippen molar-refractivity contribution in [3.8, 4) is 0 Å². The predicted molar refractivity (Wildman–Crippen MR) is 71.8 cm³/mol. The van der Waals surface area contributed by atoms with E-state index in [4.69, 9.17) is 4.74 Å². The maximum atomic E-state index is 11.9. The highest BCUT2D eigenvalue weighted by Gasteiger charge is 2.16. The van der Waals surface area contributed by atoms with Gasteiger partial charge in [-0.3, -0.25) is 4.79 Å². The van der Waals surface area contributed by atoms with Gasteiger partial charge in [-0.05, 0) is 37.1 Å². The van der Waals surface area contributed by atoms with Gasteiger partial charge in [-0.2, -0.15) is 0 Å². The zero-order valence-corrected chi connectivity index (χ0v) is 11.0. The van der Waals surface area contributed by atoms with Gasteiger partial charge >= 0.3 is 0 Å². The zero-order chi connectivity index (χ0) is 13.0. The average Bonchev–Trinajstić information content (AvgIpc) is 2.28. The third-order valence-corrected chi connectivity index (χ3v) is 2.94. The third-order valence-electron chi connectivity index (χ3n) is 2.94.